The molecular weight excluding hydrogens is 266 g/mol. The Kier molecular flexibility index (Phi) is 6.31. The molecule has 1 rings (SSSR count). The van der Waals surface area contributed by atoms with Crippen LogP contribution in [0.25, 0.3) is 0 Å². The molecule has 1 atom stereocenters. The number of rotatable bonds is 7. The first kappa shape index (κ1) is 16.0. The van der Waals surface area contributed by atoms with Crippen LogP contribution in [0, 0.1) is 11.6 Å². The van der Waals surface area contributed by atoms with Gasteiger partial charge in [-0.1, -0.05) is 38.6 Å². The summed E-state index contributed by atoms with van der Waals surface area (Å²) < 4.78 is 26.3. The third kappa shape index (κ3) is 4.21. The molecule has 106 valence electrons. The molecule has 1 unspecified atom stereocenters. The molecule has 0 aliphatic carbocycles. The summed E-state index contributed by atoms with van der Waals surface area (Å²) in [5, 5.41) is 0. The summed E-state index contributed by atoms with van der Waals surface area (Å²) in [7, 11) is 0. The van der Waals surface area contributed by atoms with Gasteiger partial charge in [0.15, 0.2) is 11.6 Å². The van der Waals surface area contributed by atoms with Crippen LogP contribution in [0.15, 0.2) is 18.2 Å². The standard InChI is InChI=1S/C14H20F2N2S/c1-3-5-8-18(4-2)13(14(17)19)10-6-7-11(15)12(16)9-10/h6-7,9,13H,3-5,8H2,1-2H3,(H2,17,19). The molecule has 0 spiro atoms. The van der Waals surface area contributed by atoms with Gasteiger partial charge in [0.1, 0.15) is 0 Å². The van der Waals surface area contributed by atoms with Gasteiger partial charge in [0.25, 0.3) is 0 Å². The summed E-state index contributed by atoms with van der Waals surface area (Å²) in [5.74, 6) is -1.73. The van der Waals surface area contributed by atoms with Gasteiger partial charge in [0.05, 0.1) is 11.0 Å². The second-order valence-electron chi connectivity index (χ2n) is 4.46. The second kappa shape index (κ2) is 7.50. The lowest BCUT2D eigenvalue weighted by atomic mass is 10.0. The van der Waals surface area contributed by atoms with Crippen molar-refractivity contribution in [3.63, 3.8) is 0 Å². The molecule has 1 aromatic rings. The lowest BCUT2D eigenvalue weighted by molar-refractivity contribution is 0.253. The number of likely N-dealkylation sites (N-methyl/N-ethyl adjacent to an activating group) is 1. The Hall–Kier alpha value is -1.07. The first-order valence-electron chi connectivity index (χ1n) is 6.49. The number of unbranched alkanes of at least 4 members (excludes halogenated alkanes) is 1. The van der Waals surface area contributed by atoms with Crippen LogP contribution in [0.4, 0.5) is 8.78 Å². The minimum atomic E-state index is -0.870. The number of nitrogens with two attached hydrogens (primary N) is 1. The van der Waals surface area contributed by atoms with E-state index in [2.05, 4.69) is 11.8 Å². The molecule has 0 saturated carbocycles. The van der Waals surface area contributed by atoms with Gasteiger partial charge in [-0.2, -0.15) is 0 Å². The van der Waals surface area contributed by atoms with Gasteiger partial charge in [0.2, 0.25) is 0 Å². The minimum Gasteiger partial charge on any atom is -0.392 e. The highest BCUT2D eigenvalue weighted by atomic mass is 32.1. The van der Waals surface area contributed by atoms with Crippen LogP contribution in [0.1, 0.15) is 38.3 Å². The first-order chi connectivity index (χ1) is 9.01. The SMILES string of the molecule is CCCCN(CC)C(C(N)=S)c1ccc(F)c(F)c1. The molecule has 5 heteroatoms. The number of thiocarbonyl (C=S) groups is 1. The molecule has 0 bridgehead atoms. The lowest BCUT2D eigenvalue weighted by Gasteiger charge is -2.30. The Morgan fingerprint density at radius 1 is 1.32 bits per heavy atom. The predicted octanol–water partition coefficient (Wildman–Crippen LogP) is 3.41. The van der Waals surface area contributed by atoms with Crippen molar-refractivity contribution in [2.75, 3.05) is 13.1 Å². The van der Waals surface area contributed by atoms with Gasteiger partial charge in [0, 0.05) is 0 Å². The maximum Gasteiger partial charge on any atom is 0.159 e. The average Bonchev–Trinajstić information content (AvgIpc) is 2.37. The van der Waals surface area contributed by atoms with Crippen molar-refractivity contribution in [2.24, 2.45) is 5.73 Å². The summed E-state index contributed by atoms with van der Waals surface area (Å²) in [6.45, 7) is 5.68. The predicted molar refractivity (Wildman–Crippen MR) is 78.0 cm³/mol. The zero-order valence-corrected chi connectivity index (χ0v) is 12.1. The van der Waals surface area contributed by atoms with E-state index in [-0.39, 0.29) is 11.0 Å². The van der Waals surface area contributed by atoms with Crippen LogP contribution in [0.5, 0.6) is 0 Å². The summed E-state index contributed by atoms with van der Waals surface area (Å²) in [6.07, 6.45) is 2.06. The van der Waals surface area contributed by atoms with Crippen LogP contribution in [-0.4, -0.2) is 23.0 Å². The van der Waals surface area contributed by atoms with E-state index in [1.54, 1.807) is 0 Å². The van der Waals surface area contributed by atoms with E-state index in [4.69, 9.17) is 18.0 Å². The van der Waals surface area contributed by atoms with E-state index >= 15 is 0 Å². The molecule has 0 aromatic heterocycles. The molecule has 19 heavy (non-hydrogen) atoms. The number of hydrogen-bond acceptors (Lipinski definition) is 2. The zero-order valence-electron chi connectivity index (χ0n) is 11.3. The highest BCUT2D eigenvalue weighted by Gasteiger charge is 2.22. The molecule has 2 N–H and O–H groups in total. The van der Waals surface area contributed by atoms with Gasteiger partial charge in [-0.25, -0.2) is 8.78 Å². The van der Waals surface area contributed by atoms with E-state index in [1.807, 2.05) is 6.92 Å². The van der Waals surface area contributed by atoms with Gasteiger partial charge >= 0.3 is 0 Å². The van der Waals surface area contributed by atoms with Crippen molar-refractivity contribution in [3.05, 3.63) is 35.4 Å². The summed E-state index contributed by atoms with van der Waals surface area (Å²) in [6, 6.07) is 3.48. The highest BCUT2D eigenvalue weighted by molar-refractivity contribution is 7.80. The zero-order chi connectivity index (χ0) is 14.4. The molecule has 2 nitrogen and oxygen atoms in total. The number of halogens is 2. The van der Waals surface area contributed by atoms with Crippen LogP contribution in [-0.2, 0) is 0 Å². The van der Waals surface area contributed by atoms with Gasteiger partial charge in [-0.05, 0) is 37.2 Å². The monoisotopic (exact) mass is 286 g/mol. The lowest BCUT2D eigenvalue weighted by Crippen LogP contribution is -2.37. The van der Waals surface area contributed by atoms with Gasteiger partial charge in [-0.3, -0.25) is 4.90 Å². The van der Waals surface area contributed by atoms with E-state index in [0.29, 0.717) is 5.56 Å². The van der Waals surface area contributed by atoms with Crippen molar-refractivity contribution >= 4 is 17.2 Å². The summed E-state index contributed by atoms with van der Waals surface area (Å²) in [5.41, 5.74) is 6.38. The fourth-order valence-electron chi connectivity index (χ4n) is 2.07. The van der Waals surface area contributed by atoms with Crippen molar-refractivity contribution in [3.8, 4) is 0 Å². The Bertz CT molecular complexity index is 437. The Labute approximate surface area is 118 Å². The average molecular weight is 286 g/mol. The summed E-state index contributed by atoms with van der Waals surface area (Å²) in [4.78, 5) is 2.36. The smallest absolute Gasteiger partial charge is 0.159 e. The quantitative estimate of drug-likeness (QED) is 0.779. The molecular formula is C14H20F2N2S. The normalized spacial score (nSPS) is 12.7. The fourth-order valence-corrected chi connectivity index (χ4v) is 2.35. The maximum atomic E-state index is 13.3. The highest BCUT2D eigenvalue weighted by Crippen LogP contribution is 2.23. The largest absolute Gasteiger partial charge is 0.392 e. The molecule has 0 aliphatic rings. The first-order valence-corrected chi connectivity index (χ1v) is 6.90. The maximum absolute atomic E-state index is 13.3. The molecule has 0 heterocycles. The van der Waals surface area contributed by atoms with E-state index < -0.39 is 11.6 Å². The number of benzene rings is 1. The fraction of sp³-hybridized carbons (Fsp3) is 0.500. The molecule has 0 aliphatic heterocycles. The number of hydrogen-bond donors (Lipinski definition) is 1. The molecule has 1 aromatic carbocycles. The van der Waals surface area contributed by atoms with Crippen molar-refractivity contribution in [1.82, 2.24) is 4.90 Å². The van der Waals surface area contributed by atoms with Crippen LogP contribution >= 0.6 is 12.2 Å². The van der Waals surface area contributed by atoms with Gasteiger partial charge < -0.3 is 5.73 Å². The molecule has 0 fully saturated rings. The molecule has 0 saturated heterocycles. The van der Waals surface area contributed by atoms with E-state index in [1.165, 1.54) is 12.1 Å². The summed E-state index contributed by atoms with van der Waals surface area (Å²) >= 11 is 5.09. The topological polar surface area (TPSA) is 29.3 Å². The van der Waals surface area contributed by atoms with Gasteiger partial charge in [-0.15, -0.1) is 0 Å². The van der Waals surface area contributed by atoms with Crippen LogP contribution in [0.3, 0.4) is 0 Å². The van der Waals surface area contributed by atoms with Crippen LogP contribution in [0.2, 0.25) is 0 Å². The Morgan fingerprint density at radius 2 is 2.00 bits per heavy atom. The van der Waals surface area contributed by atoms with Crippen molar-refractivity contribution in [2.45, 2.75) is 32.7 Å². The molecule has 0 amide bonds. The number of nitrogens with zero attached hydrogens (tertiary/aromatic N) is 1. The third-order valence-electron chi connectivity index (χ3n) is 3.10. The van der Waals surface area contributed by atoms with E-state index in [0.717, 1.165) is 32.0 Å². The van der Waals surface area contributed by atoms with Crippen LogP contribution < -0.4 is 5.73 Å². The minimum absolute atomic E-state index is 0.281. The van der Waals surface area contributed by atoms with Crippen molar-refractivity contribution in [1.29, 1.82) is 0 Å². The Morgan fingerprint density at radius 3 is 2.47 bits per heavy atom. The van der Waals surface area contributed by atoms with Crippen molar-refractivity contribution < 1.29 is 8.78 Å². The Balaban J connectivity index is 3.04. The molecule has 0 radical (unpaired) electrons. The third-order valence-corrected chi connectivity index (χ3v) is 3.32. The second-order valence-corrected chi connectivity index (χ2v) is 4.93. The van der Waals surface area contributed by atoms with E-state index in [9.17, 15) is 8.78 Å².